The number of sulfonamides is 1. The smallest absolute Gasteiger partial charge is 0.243 e. The second kappa shape index (κ2) is 7.33. The molecule has 9 heteroatoms. The predicted molar refractivity (Wildman–Crippen MR) is 103 cm³/mol. The van der Waals surface area contributed by atoms with E-state index >= 15 is 0 Å². The fraction of sp³-hybridized carbons (Fsp3) is 0.263. The molecule has 146 valence electrons. The number of hydrogen-bond donors (Lipinski definition) is 0. The van der Waals surface area contributed by atoms with Gasteiger partial charge in [0.25, 0.3) is 0 Å². The van der Waals surface area contributed by atoms with Crippen LogP contribution in [0.4, 0.5) is 10.2 Å². The maximum Gasteiger partial charge on any atom is 0.243 e. The number of aromatic nitrogens is 3. The van der Waals surface area contributed by atoms with Crippen LogP contribution < -0.4 is 4.90 Å². The molecule has 0 atom stereocenters. The van der Waals surface area contributed by atoms with Gasteiger partial charge in [0.2, 0.25) is 10.0 Å². The fourth-order valence-electron chi connectivity index (χ4n) is 3.31. The summed E-state index contributed by atoms with van der Waals surface area (Å²) in [7, 11) is -3.65. The fourth-order valence-corrected chi connectivity index (χ4v) is 4.94. The molecule has 3 aromatic rings. The van der Waals surface area contributed by atoms with E-state index in [1.165, 1.54) is 22.5 Å². The van der Waals surface area contributed by atoms with E-state index in [1.54, 1.807) is 6.92 Å². The van der Waals surface area contributed by atoms with Gasteiger partial charge in [0, 0.05) is 38.6 Å². The van der Waals surface area contributed by atoms with Crippen LogP contribution in [-0.2, 0) is 10.0 Å². The predicted octanol–water partition coefficient (Wildman–Crippen LogP) is 2.23. The Morgan fingerprint density at radius 1 is 0.929 bits per heavy atom. The van der Waals surface area contributed by atoms with Crippen molar-refractivity contribution in [3.05, 3.63) is 66.2 Å². The van der Waals surface area contributed by atoms with Crippen LogP contribution in [0.5, 0.6) is 0 Å². The lowest BCUT2D eigenvalue weighted by atomic mass is 10.2. The molecule has 0 aliphatic carbocycles. The van der Waals surface area contributed by atoms with E-state index in [9.17, 15) is 12.8 Å². The largest absolute Gasteiger partial charge is 0.352 e. The molecule has 0 spiro atoms. The van der Waals surface area contributed by atoms with Gasteiger partial charge in [0.1, 0.15) is 5.82 Å². The Morgan fingerprint density at radius 3 is 2.18 bits per heavy atom. The minimum atomic E-state index is -3.65. The average Bonchev–Trinajstić information content (AvgIpc) is 3.23. The number of rotatable bonds is 4. The summed E-state index contributed by atoms with van der Waals surface area (Å²) in [4.78, 5) is 2.16. The second-order valence-electron chi connectivity index (χ2n) is 6.64. The van der Waals surface area contributed by atoms with E-state index < -0.39 is 15.8 Å². The zero-order valence-electron chi connectivity index (χ0n) is 15.4. The molecular weight excluding hydrogens is 381 g/mol. The molecule has 7 nitrogen and oxygen atoms in total. The second-order valence-corrected chi connectivity index (χ2v) is 8.55. The third kappa shape index (κ3) is 3.50. The van der Waals surface area contributed by atoms with Gasteiger partial charge in [-0.2, -0.15) is 4.31 Å². The Labute approximate surface area is 163 Å². The molecule has 2 aromatic heterocycles. The number of halogens is 1. The van der Waals surface area contributed by atoms with Gasteiger partial charge in [-0.3, -0.25) is 0 Å². The first kappa shape index (κ1) is 18.6. The van der Waals surface area contributed by atoms with Crippen molar-refractivity contribution in [2.45, 2.75) is 11.8 Å². The Kier molecular flexibility index (Phi) is 4.86. The number of benzene rings is 1. The van der Waals surface area contributed by atoms with Crippen molar-refractivity contribution in [1.82, 2.24) is 19.1 Å². The lowest BCUT2D eigenvalue weighted by molar-refractivity contribution is 0.383. The van der Waals surface area contributed by atoms with Gasteiger partial charge in [-0.1, -0.05) is 0 Å². The number of anilines is 1. The maximum atomic E-state index is 13.3. The Morgan fingerprint density at radius 2 is 1.57 bits per heavy atom. The Balaban J connectivity index is 1.45. The highest BCUT2D eigenvalue weighted by atomic mass is 32.2. The van der Waals surface area contributed by atoms with Crippen molar-refractivity contribution in [2.75, 3.05) is 31.1 Å². The highest BCUT2D eigenvalue weighted by Gasteiger charge is 2.30. The molecule has 3 heterocycles. The van der Waals surface area contributed by atoms with Gasteiger partial charge < -0.3 is 9.47 Å². The van der Waals surface area contributed by atoms with Gasteiger partial charge in [-0.15, -0.1) is 10.2 Å². The SMILES string of the molecule is Cc1cc(F)ccc1S(=O)(=O)N1CCN(c2ccc(-n3cccc3)nn2)CC1. The third-order valence-electron chi connectivity index (χ3n) is 4.82. The lowest BCUT2D eigenvalue weighted by Gasteiger charge is -2.34. The van der Waals surface area contributed by atoms with Crippen LogP contribution in [0.25, 0.3) is 5.82 Å². The van der Waals surface area contributed by atoms with Gasteiger partial charge in [0.15, 0.2) is 11.6 Å². The molecule has 1 aliphatic heterocycles. The summed E-state index contributed by atoms with van der Waals surface area (Å²) in [6, 6.07) is 11.3. The van der Waals surface area contributed by atoms with Crippen molar-refractivity contribution in [3.63, 3.8) is 0 Å². The summed E-state index contributed by atoms with van der Waals surface area (Å²) >= 11 is 0. The van der Waals surface area contributed by atoms with E-state index in [0.717, 1.165) is 5.82 Å². The molecule has 0 radical (unpaired) electrons. The van der Waals surface area contributed by atoms with Crippen LogP contribution >= 0.6 is 0 Å². The molecule has 1 aliphatic rings. The maximum absolute atomic E-state index is 13.3. The van der Waals surface area contributed by atoms with E-state index in [2.05, 4.69) is 10.2 Å². The first-order valence-corrected chi connectivity index (χ1v) is 10.4. The molecule has 0 saturated carbocycles. The number of aryl methyl sites for hydroxylation is 1. The van der Waals surface area contributed by atoms with Crippen LogP contribution in [0.3, 0.4) is 0 Å². The van der Waals surface area contributed by atoms with Gasteiger partial charge >= 0.3 is 0 Å². The first-order chi connectivity index (χ1) is 13.4. The average molecular weight is 401 g/mol. The summed E-state index contributed by atoms with van der Waals surface area (Å²) in [5, 5.41) is 8.51. The van der Waals surface area contributed by atoms with Crippen molar-refractivity contribution in [3.8, 4) is 5.82 Å². The molecule has 0 bridgehead atoms. The van der Waals surface area contributed by atoms with Crippen LogP contribution in [0.1, 0.15) is 5.56 Å². The molecular formula is C19H20FN5O2S. The third-order valence-corrected chi connectivity index (χ3v) is 6.88. The zero-order chi connectivity index (χ0) is 19.7. The molecule has 4 rings (SSSR count). The topological polar surface area (TPSA) is 71.3 Å². The molecule has 1 fully saturated rings. The first-order valence-electron chi connectivity index (χ1n) is 8.93. The van der Waals surface area contributed by atoms with Gasteiger partial charge in [-0.25, -0.2) is 12.8 Å². The Hall–Kier alpha value is -2.78. The quantitative estimate of drug-likeness (QED) is 0.670. The highest BCUT2D eigenvalue weighted by Crippen LogP contribution is 2.23. The van der Waals surface area contributed by atoms with Gasteiger partial charge in [0.05, 0.1) is 4.90 Å². The van der Waals surface area contributed by atoms with Crippen molar-refractivity contribution < 1.29 is 12.8 Å². The van der Waals surface area contributed by atoms with Crippen molar-refractivity contribution >= 4 is 15.8 Å². The van der Waals surface area contributed by atoms with Crippen molar-refractivity contribution in [2.24, 2.45) is 0 Å². The summed E-state index contributed by atoms with van der Waals surface area (Å²) in [6.45, 7) is 3.29. The Bertz CT molecular complexity index is 1060. The summed E-state index contributed by atoms with van der Waals surface area (Å²) in [5.74, 6) is 0.996. The van der Waals surface area contributed by atoms with Crippen LogP contribution in [0.2, 0.25) is 0 Å². The highest BCUT2D eigenvalue weighted by molar-refractivity contribution is 7.89. The molecule has 28 heavy (non-hydrogen) atoms. The summed E-state index contributed by atoms with van der Waals surface area (Å²) < 4.78 is 42.4. The number of piperazine rings is 1. The van der Waals surface area contributed by atoms with E-state index in [-0.39, 0.29) is 4.90 Å². The van der Waals surface area contributed by atoms with Crippen molar-refractivity contribution in [1.29, 1.82) is 0 Å². The lowest BCUT2D eigenvalue weighted by Crippen LogP contribution is -2.49. The molecule has 0 N–H and O–H groups in total. The van der Waals surface area contributed by atoms with Crippen LogP contribution in [0, 0.1) is 12.7 Å². The van der Waals surface area contributed by atoms with E-state index in [1.807, 2.05) is 46.1 Å². The minimum Gasteiger partial charge on any atom is -0.352 e. The molecule has 1 saturated heterocycles. The van der Waals surface area contributed by atoms with Crippen LogP contribution in [0.15, 0.2) is 59.8 Å². The monoisotopic (exact) mass is 401 g/mol. The molecule has 0 amide bonds. The normalized spacial score (nSPS) is 15.7. The summed E-state index contributed by atoms with van der Waals surface area (Å²) in [6.07, 6.45) is 3.79. The zero-order valence-corrected chi connectivity index (χ0v) is 16.2. The summed E-state index contributed by atoms with van der Waals surface area (Å²) in [5.41, 5.74) is 0.411. The number of nitrogens with zero attached hydrogens (tertiary/aromatic N) is 5. The standard InChI is InChI=1S/C19H20FN5O2S/c1-15-14-16(20)4-5-17(15)28(26,27)25-12-10-24(11-13-25)19-7-6-18(21-22-19)23-8-2-3-9-23/h2-9,14H,10-13H2,1H3. The van der Waals surface area contributed by atoms with Crippen LogP contribution in [-0.4, -0.2) is 53.7 Å². The molecule has 0 unspecified atom stereocenters. The van der Waals surface area contributed by atoms with Gasteiger partial charge in [-0.05, 0) is 55.0 Å². The minimum absolute atomic E-state index is 0.151. The molecule has 1 aromatic carbocycles. The van der Waals surface area contributed by atoms with E-state index in [4.69, 9.17) is 0 Å². The van der Waals surface area contributed by atoms with E-state index in [0.29, 0.717) is 37.6 Å². The number of hydrogen-bond acceptors (Lipinski definition) is 5.